The number of amides is 1. The Hall–Kier alpha value is -4.44. The maximum atomic E-state index is 13.7. The van der Waals surface area contributed by atoms with Crippen LogP contribution in [0.25, 0.3) is 22.1 Å². The molecule has 1 aliphatic rings. The molecule has 3 aromatic carbocycles. The molecule has 1 amide bonds. The summed E-state index contributed by atoms with van der Waals surface area (Å²) >= 11 is 1.56. The SMILES string of the molecule is CSc1cccc(NC(=O)Cn2c(=O)n(Cc3ccc4c(c3)OCO4)c(=O)c3oc4ccccc4c32)c1. The van der Waals surface area contributed by atoms with Gasteiger partial charge >= 0.3 is 5.69 Å². The number of carbonyl (C=O) groups excluding carboxylic acids is 1. The summed E-state index contributed by atoms with van der Waals surface area (Å²) in [5.74, 6) is 0.742. The molecule has 37 heavy (non-hydrogen) atoms. The Bertz CT molecular complexity index is 1800. The highest BCUT2D eigenvalue weighted by atomic mass is 32.2. The van der Waals surface area contributed by atoms with E-state index in [1.165, 1.54) is 4.57 Å². The van der Waals surface area contributed by atoms with Gasteiger partial charge in [-0.2, -0.15) is 0 Å². The van der Waals surface area contributed by atoms with Crippen LogP contribution in [-0.2, 0) is 17.9 Å². The van der Waals surface area contributed by atoms with Crippen molar-refractivity contribution in [1.29, 1.82) is 0 Å². The molecule has 0 radical (unpaired) electrons. The number of para-hydroxylation sites is 1. The lowest BCUT2D eigenvalue weighted by Crippen LogP contribution is -2.41. The van der Waals surface area contributed by atoms with Crippen LogP contribution in [0.5, 0.6) is 11.5 Å². The number of thioether (sulfide) groups is 1. The van der Waals surface area contributed by atoms with Crippen molar-refractivity contribution in [3.63, 3.8) is 0 Å². The number of carbonyl (C=O) groups is 1. The number of rotatable bonds is 6. The fourth-order valence-corrected chi connectivity index (χ4v) is 4.91. The predicted octanol–water partition coefficient (Wildman–Crippen LogP) is 4.05. The summed E-state index contributed by atoms with van der Waals surface area (Å²) in [4.78, 5) is 41.3. The summed E-state index contributed by atoms with van der Waals surface area (Å²) < 4.78 is 19.0. The highest BCUT2D eigenvalue weighted by molar-refractivity contribution is 7.98. The zero-order valence-corrected chi connectivity index (χ0v) is 20.5. The van der Waals surface area contributed by atoms with Crippen LogP contribution in [0.15, 0.2) is 85.6 Å². The van der Waals surface area contributed by atoms with Crippen LogP contribution in [0.2, 0.25) is 0 Å². The van der Waals surface area contributed by atoms with Gasteiger partial charge in [-0.1, -0.05) is 24.3 Å². The fourth-order valence-electron chi connectivity index (χ4n) is 4.45. The summed E-state index contributed by atoms with van der Waals surface area (Å²) in [6.07, 6.45) is 1.95. The first kappa shape index (κ1) is 23.0. The van der Waals surface area contributed by atoms with Crippen LogP contribution < -0.4 is 26.0 Å². The molecule has 1 N–H and O–H groups in total. The first-order chi connectivity index (χ1) is 18.0. The van der Waals surface area contributed by atoms with Crippen LogP contribution >= 0.6 is 11.8 Å². The van der Waals surface area contributed by atoms with Crippen LogP contribution in [-0.4, -0.2) is 28.1 Å². The van der Waals surface area contributed by atoms with E-state index in [0.717, 1.165) is 9.46 Å². The first-order valence-corrected chi connectivity index (χ1v) is 12.7. The Morgan fingerprint density at radius 3 is 2.68 bits per heavy atom. The molecule has 0 spiro atoms. The molecule has 9 nitrogen and oxygen atoms in total. The zero-order valence-electron chi connectivity index (χ0n) is 19.7. The Kier molecular flexibility index (Phi) is 5.72. The molecule has 6 rings (SSSR count). The maximum absolute atomic E-state index is 13.7. The van der Waals surface area contributed by atoms with Gasteiger partial charge in [-0.05, 0) is 54.3 Å². The van der Waals surface area contributed by atoms with Gasteiger partial charge in [0.15, 0.2) is 11.5 Å². The highest BCUT2D eigenvalue weighted by Gasteiger charge is 2.22. The van der Waals surface area contributed by atoms with Gasteiger partial charge in [-0.15, -0.1) is 11.8 Å². The maximum Gasteiger partial charge on any atom is 0.332 e. The lowest BCUT2D eigenvalue weighted by molar-refractivity contribution is -0.116. The van der Waals surface area contributed by atoms with Crippen molar-refractivity contribution in [2.24, 2.45) is 0 Å². The second-order valence-electron chi connectivity index (χ2n) is 8.50. The Labute approximate surface area is 214 Å². The second kappa shape index (κ2) is 9.21. The molecule has 186 valence electrons. The molecule has 1 aliphatic heterocycles. The van der Waals surface area contributed by atoms with Crippen molar-refractivity contribution >= 4 is 45.4 Å². The molecule has 0 unspecified atom stereocenters. The van der Waals surface area contributed by atoms with E-state index in [9.17, 15) is 14.4 Å². The molecule has 0 aliphatic carbocycles. The third-order valence-electron chi connectivity index (χ3n) is 6.17. The minimum absolute atomic E-state index is 0.0127. The number of furan rings is 1. The molecule has 5 aromatic rings. The van der Waals surface area contributed by atoms with E-state index in [4.69, 9.17) is 13.9 Å². The average Bonchev–Trinajstić information content (AvgIpc) is 3.54. The molecule has 0 atom stereocenters. The number of nitrogens with one attached hydrogen (secondary N) is 1. The van der Waals surface area contributed by atoms with Gasteiger partial charge in [0.05, 0.1) is 6.54 Å². The topological polar surface area (TPSA) is 105 Å². The molecule has 0 bridgehead atoms. The molecule has 0 fully saturated rings. The summed E-state index contributed by atoms with van der Waals surface area (Å²) in [5, 5.41) is 3.43. The third-order valence-corrected chi connectivity index (χ3v) is 6.90. The van der Waals surface area contributed by atoms with Gasteiger partial charge in [0, 0.05) is 16.0 Å². The van der Waals surface area contributed by atoms with Crippen LogP contribution in [0.4, 0.5) is 5.69 Å². The number of hydrogen-bond acceptors (Lipinski definition) is 7. The number of hydrogen-bond donors (Lipinski definition) is 1. The molecule has 0 saturated heterocycles. The van der Waals surface area contributed by atoms with Crippen molar-refractivity contribution in [2.75, 3.05) is 18.4 Å². The van der Waals surface area contributed by atoms with E-state index in [0.29, 0.717) is 39.2 Å². The second-order valence-corrected chi connectivity index (χ2v) is 9.38. The van der Waals surface area contributed by atoms with E-state index in [2.05, 4.69) is 5.32 Å². The lowest BCUT2D eigenvalue weighted by Gasteiger charge is -2.13. The van der Waals surface area contributed by atoms with Gasteiger partial charge in [0.25, 0.3) is 5.56 Å². The third kappa shape index (κ3) is 4.15. The minimum atomic E-state index is -0.616. The normalized spacial score (nSPS) is 12.4. The van der Waals surface area contributed by atoms with E-state index in [1.54, 1.807) is 60.3 Å². The van der Waals surface area contributed by atoms with Crippen molar-refractivity contribution in [1.82, 2.24) is 9.13 Å². The zero-order chi connectivity index (χ0) is 25.5. The lowest BCUT2D eigenvalue weighted by atomic mass is 10.2. The average molecular weight is 516 g/mol. The van der Waals surface area contributed by atoms with Crippen LogP contribution in [0.1, 0.15) is 5.56 Å². The van der Waals surface area contributed by atoms with Gasteiger partial charge in [0.1, 0.15) is 17.6 Å². The molecule has 2 aromatic heterocycles. The monoisotopic (exact) mass is 515 g/mol. The first-order valence-electron chi connectivity index (χ1n) is 11.5. The number of ether oxygens (including phenoxy) is 2. The smallest absolute Gasteiger partial charge is 0.332 e. The Balaban J connectivity index is 1.45. The number of anilines is 1. The molecule has 10 heteroatoms. The number of benzene rings is 3. The van der Waals surface area contributed by atoms with Gasteiger partial charge in [-0.3, -0.25) is 18.7 Å². The highest BCUT2D eigenvalue weighted by Crippen LogP contribution is 2.32. The van der Waals surface area contributed by atoms with Gasteiger partial charge in [0.2, 0.25) is 18.3 Å². The van der Waals surface area contributed by atoms with Crippen molar-refractivity contribution in [3.8, 4) is 11.5 Å². The summed E-state index contributed by atoms with van der Waals surface area (Å²) in [5.41, 5.74) is 0.861. The number of fused-ring (bicyclic) bond motifs is 4. The van der Waals surface area contributed by atoms with Crippen LogP contribution in [0.3, 0.4) is 0 Å². The van der Waals surface area contributed by atoms with Crippen molar-refractivity contribution < 1.29 is 18.7 Å². The summed E-state index contributed by atoms with van der Waals surface area (Å²) in [6.45, 7) is -0.214. The standard InChI is InChI=1S/C27H21N3O6S/c1-37-18-6-4-5-17(12-18)28-23(31)14-29-24-19-7-2-3-8-20(19)36-25(24)26(32)30(27(29)33)13-16-9-10-21-22(11-16)35-15-34-21/h2-12H,13-15H2,1H3,(H,28,31). The minimum Gasteiger partial charge on any atom is -0.454 e. The number of aromatic nitrogens is 2. The number of nitrogens with zero attached hydrogens (tertiary/aromatic N) is 2. The summed E-state index contributed by atoms with van der Waals surface area (Å²) in [7, 11) is 0. The Morgan fingerprint density at radius 1 is 0.973 bits per heavy atom. The molecule has 0 saturated carbocycles. The molecule has 3 heterocycles. The van der Waals surface area contributed by atoms with E-state index >= 15 is 0 Å². The predicted molar refractivity (Wildman–Crippen MR) is 141 cm³/mol. The molecular formula is C27H21N3O6S. The van der Waals surface area contributed by atoms with Gasteiger partial charge in [-0.25, -0.2) is 4.79 Å². The van der Waals surface area contributed by atoms with Crippen molar-refractivity contribution in [3.05, 3.63) is 93.1 Å². The fraction of sp³-hybridized carbons (Fsp3) is 0.148. The molecular weight excluding hydrogens is 494 g/mol. The Morgan fingerprint density at radius 2 is 1.81 bits per heavy atom. The van der Waals surface area contributed by atoms with Crippen LogP contribution in [0, 0.1) is 0 Å². The largest absolute Gasteiger partial charge is 0.454 e. The van der Waals surface area contributed by atoms with E-state index in [1.807, 2.05) is 24.5 Å². The summed E-state index contributed by atoms with van der Waals surface area (Å²) in [6, 6.07) is 19.7. The van der Waals surface area contributed by atoms with E-state index < -0.39 is 17.2 Å². The quantitative estimate of drug-likeness (QED) is 0.340. The van der Waals surface area contributed by atoms with Crippen molar-refractivity contribution in [2.45, 2.75) is 18.0 Å². The van der Waals surface area contributed by atoms with E-state index in [-0.39, 0.29) is 25.5 Å². The van der Waals surface area contributed by atoms with Gasteiger partial charge < -0.3 is 19.2 Å².